The molecule has 2 rings (SSSR count). The van der Waals surface area contributed by atoms with E-state index in [0.29, 0.717) is 19.0 Å². The van der Waals surface area contributed by atoms with Crippen LogP contribution in [0.4, 0.5) is 0 Å². The fourth-order valence-electron chi connectivity index (χ4n) is 2.41. The zero-order chi connectivity index (χ0) is 16.9. The van der Waals surface area contributed by atoms with Crippen molar-refractivity contribution in [3.63, 3.8) is 0 Å². The van der Waals surface area contributed by atoms with E-state index in [9.17, 15) is 5.11 Å². The van der Waals surface area contributed by atoms with Gasteiger partial charge in [0, 0.05) is 12.1 Å². The maximum Gasteiger partial charge on any atom is 0.191 e. The number of guanidine groups is 1. The second-order valence-corrected chi connectivity index (χ2v) is 6.56. The first-order valence-corrected chi connectivity index (χ1v) is 8.70. The van der Waals surface area contributed by atoms with Gasteiger partial charge in [-0.2, -0.15) is 11.3 Å². The Balaban J connectivity index is 2.02. The van der Waals surface area contributed by atoms with E-state index in [1.54, 1.807) is 18.3 Å². The molecule has 0 aliphatic heterocycles. The van der Waals surface area contributed by atoms with E-state index < -0.39 is 5.60 Å². The van der Waals surface area contributed by atoms with Crippen molar-refractivity contribution in [3.05, 3.63) is 45.5 Å². The highest BCUT2D eigenvalue weighted by atomic mass is 32.1. The molecule has 5 nitrogen and oxygen atoms in total. The van der Waals surface area contributed by atoms with Crippen LogP contribution in [0.1, 0.15) is 36.5 Å². The largest absolute Gasteiger partial charge is 0.466 e. The summed E-state index contributed by atoms with van der Waals surface area (Å²) in [6.07, 6.45) is 0. The second-order valence-electron chi connectivity index (χ2n) is 5.78. The van der Waals surface area contributed by atoms with Crippen LogP contribution in [-0.4, -0.2) is 24.2 Å². The van der Waals surface area contributed by atoms with Crippen LogP contribution >= 0.6 is 11.3 Å². The summed E-state index contributed by atoms with van der Waals surface area (Å²) < 4.78 is 5.52. The topological polar surface area (TPSA) is 69.8 Å². The Bertz CT molecular complexity index is 645. The van der Waals surface area contributed by atoms with Crippen molar-refractivity contribution < 1.29 is 9.52 Å². The van der Waals surface area contributed by atoms with Crippen LogP contribution in [0.5, 0.6) is 0 Å². The summed E-state index contributed by atoms with van der Waals surface area (Å²) in [6, 6.07) is 3.94. The number of rotatable bonds is 6. The third-order valence-electron chi connectivity index (χ3n) is 3.57. The molecule has 23 heavy (non-hydrogen) atoms. The molecule has 0 fully saturated rings. The molecule has 1 atom stereocenters. The highest BCUT2D eigenvalue weighted by molar-refractivity contribution is 7.07. The Kier molecular flexibility index (Phi) is 5.85. The maximum atomic E-state index is 10.7. The van der Waals surface area contributed by atoms with Gasteiger partial charge in [0.15, 0.2) is 5.96 Å². The molecule has 0 aromatic carbocycles. The predicted molar refractivity (Wildman–Crippen MR) is 94.9 cm³/mol. The van der Waals surface area contributed by atoms with E-state index in [-0.39, 0.29) is 0 Å². The molecule has 0 saturated carbocycles. The average Bonchev–Trinajstić information content (AvgIpc) is 3.11. The molecule has 0 radical (unpaired) electrons. The van der Waals surface area contributed by atoms with E-state index in [1.807, 2.05) is 32.2 Å². The predicted octanol–water partition coefficient (Wildman–Crippen LogP) is 2.92. The number of nitrogens with one attached hydrogen (secondary N) is 2. The molecule has 0 saturated heterocycles. The number of aryl methyl sites for hydroxylation is 2. The monoisotopic (exact) mass is 335 g/mol. The molecule has 6 heteroatoms. The average molecular weight is 335 g/mol. The molecule has 2 aromatic rings. The third-order valence-corrected chi connectivity index (χ3v) is 4.30. The highest BCUT2D eigenvalue weighted by Crippen LogP contribution is 2.26. The molecule has 2 heterocycles. The molecule has 2 aromatic heterocycles. The summed E-state index contributed by atoms with van der Waals surface area (Å²) in [5, 5.41) is 21.3. The zero-order valence-corrected chi connectivity index (χ0v) is 15.0. The standard InChI is InChI=1S/C17H25N3O2S/c1-5-18-16(19-9-14-6-7-23-10-14)20-11-17(4,21)15-8-12(2)22-13(15)3/h6-8,10,21H,5,9,11H2,1-4H3,(H2,18,19,20). The first-order chi connectivity index (χ1) is 10.9. The van der Waals surface area contributed by atoms with Crippen LogP contribution in [0, 0.1) is 13.8 Å². The Morgan fingerprint density at radius 2 is 2.17 bits per heavy atom. The van der Waals surface area contributed by atoms with Crippen molar-refractivity contribution >= 4 is 17.3 Å². The van der Waals surface area contributed by atoms with Gasteiger partial charge in [0.1, 0.15) is 17.1 Å². The molecule has 1 unspecified atom stereocenters. The van der Waals surface area contributed by atoms with Gasteiger partial charge < -0.3 is 20.2 Å². The molecule has 0 aliphatic carbocycles. The minimum absolute atomic E-state index is 0.349. The van der Waals surface area contributed by atoms with Crippen LogP contribution in [0.3, 0.4) is 0 Å². The fourth-order valence-corrected chi connectivity index (χ4v) is 3.07. The summed E-state index contributed by atoms with van der Waals surface area (Å²) in [4.78, 5) is 4.55. The Morgan fingerprint density at radius 3 is 2.74 bits per heavy atom. The number of nitrogens with zero attached hydrogens (tertiary/aromatic N) is 1. The van der Waals surface area contributed by atoms with Gasteiger partial charge in [-0.05, 0) is 56.2 Å². The summed E-state index contributed by atoms with van der Waals surface area (Å²) in [5.74, 6) is 2.24. The highest BCUT2D eigenvalue weighted by Gasteiger charge is 2.27. The van der Waals surface area contributed by atoms with Crippen molar-refractivity contribution in [1.82, 2.24) is 10.6 Å². The molecule has 0 amide bonds. The number of hydrogen-bond donors (Lipinski definition) is 3. The van der Waals surface area contributed by atoms with Crippen molar-refractivity contribution in [2.24, 2.45) is 4.99 Å². The fraction of sp³-hybridized carbons (Fsp3) is 0.471. The van der Waals surface area contributed by atoms with Crippen LogP contribution in [0.15, 0.2) is 32.3 Å². The molecular formula is C17H25N3O2S. The van der Waals surface area contributed by atoms with E-state index in [2.05, 4.69) is 27.1 Å². The summed E-state index contributed by atoms with van der Waals surface area (Å²) in [7, 11) is 0. The second kappa shape index (κ2) is 7.66. The first kappa shape index (κ1) is 17.6. The molecule has 0 spiro atoms. The quantitative estimate of drug-likeness (QED) is 0.561. The lowest BCUT2D eigenvalue weighted by Crippen LogP contribution is -2.44. The maximum absolute atomic E-state index is 10.7. The molecular weight excluding hydrogens is 310 g/mol. The van der Waals surface area contributed by atoms with Crippen molar-refractivity contribution in [3.8, 4) is 0 Å². The smallest absolute Gasteiger partial charge is 0.191 e. The van der Waals surface area contributed by atoms with Gasteiger partial charge in [-0.25, -0.2) is 4.99 Å². The Morgan fingerprint density at radius 1 is 1.39 bits per heavy atom. The van der Waals surface area contributed by atoms with E-state index in [0.717, 1.165) is 23.6 Å². The minimum atomic E-state index is -1.03. The number of aliphatic imine (C=N–C) groups is 1. The Labute approximate surface area is 141 Å². The van der Waals surface area contributed by atoms with Gasteiger partial charge in [-0.1, -0.05) is 0 Å². The van der Waals surface area contributed by atoms with Gasteiger partial charge in [0.05, 0.1) is 13.1 Å². The number of furan rings is 1. The van der Waals surface area contributed by atoms with Gasteiger partial charge in [0.25, 0.3) is 0 Å². The SMILES string of the molecule is CCNC(=NCc1ccsc1)NCC(C)(O)c1cc(C)oc1C. The number of aliphatic hydroxyl groups is 1. The van der Waals surface area contributed by atoms with Gasteiger partial charge in [-0.15, -0.1) is 0 Å². The summed E-state index contributed by atoms with van der Waals surface area (Å²) in [6.45, 7) is 9.27. The number of hydrogen-bond acceptors (Lipinski definition) is 4. The molecule has 0 aliphatic rings. The van der Waals surface area contributed by atoms with Gasteiger partial charge >= 0.3 is 0 Å². The third kappa shape index (κ3) is 4.84. The first-order valence-electron chi connectivity index (χ1n) is 7.75. The molecule has 126 valence electrons. The number of thiophene rings is 1. The Hall–Kier alpha value is -1.79. The van der Waals surface area contributed by atoms with E-state index in [4.69, 9.17) is 4.42 Å². The van der Waals surface area contributed by atoms with Crippen molar-refractivity contribution in [2.75, 3.05) is 13.1 Å². The lowest BCUT2D eigenvalue weighted by atomic mass is 9.96. The van der Waals surface area contributed by atoms with E-state index in [1.165, 1.54) is 5.56 Å². The van der Waals surface area contributed by atoms with Crippen molar-refractivity contribution in [2.45, 2.75) is 39.8 Å². The summed E-state index contributed by atoms with van der Waals surface area (Å²) in [5.41, 5.74) is 0.955. The van der Waals surface area contributed by atoms with Gasteiger partial charge in [-0.3, -0.25) is 0 Å². The lowest BCUT2D eigenvalue weighted by Gasteiger charge is -2.24. The normalized spacial score (nSPS) is 14.6. The molecule has 3 N–H and O–H groups in total. The minimum Gasteiger partial charge on any atom is -0.466 e. The van der Waals surface area contributed by atoms with E-state index >= 15 is 0 Å². The van der Waals surface area contributed by atoms with Crippen molar-refractivity contribution in [1.29, 1.82) is 0 Å². The van der Waals surface area contributed by atoms with Crippen LogP contribution in [-0.2, 0) is 12.1 Å². The van der Waals surface area contributed by atoms with Crippen LogP contribution in [0.25, 0.3) is 0 Å². The van der Waals surface area contributed by atoms with Crippen LogP contribution in [0.2, 0.25) is 0 Å². The van der Waals surface area contributed by atoms with Crippen LogP contribution < -0.4 is 10.6 Å². The lowest BCUT2D eigenvalue weighted by molar-refractivity contribution is 0.0601. The van der Waals surface area contributed by atoms with Gasteiger partial charge in [0.2, 0.25) is 0 Å². The summed E-state index contributed by atoms with van der Waals surface area (Å²) >= 11 is 1.66. The molecule has 0 bridgehead atoms. The zero-order valence-electron chi connectivity index (χ0n) is 14.1.